The third kappa shape index (κ3) is 11.0. The van der Waals surface area contributed by atoms with Crippen LogP contribution < -0.4 is 24.8 Å². The first-order chi connectivity index (χ1) is 28.1. The predicted molar refractivity (Wildman–Crippen MR) is 222 cm³/mol. The lowest BCUT2D eigenvalue weighted by Crippen LogP contribution is -2.50. The van der Waals surface area contributed by atoms with E-state index in [1.165, 1.54) is 12.1 Å². The first-order valence-electron chi connectivity index (χ1n) is 19.2. The van der Waals surface area contributed by atoms with Crippen LogP contribution in [0.25, 0.3) is 16.9 Å². The second kappa shape index (κ2) is 17.0. The van der Waals surface area contributed by atoms with Gasteiger partial charge in [0.2, 0.25) is 5.96 Å². The van der Waals surface area contributed by atoms with Gasteiger partial charge in [-0.1, -0.05) is 29.8 Å². The van der Waals surface area contributed by atoms with Crippen LogP contribution in [0.3, 0.4) is 0 Å². The van der Waals surface area contributed by atoms with Gasteiger partial charge in [-0.2, -0.15) is 18.3 Å². The SMILES string of the molecule is Cc1ccc(-c2cc(C(F)(F)F)nn2-c2ccc(S(=O)(=O)NC(=O)[C@H](CCCNC(=N)NS(=O)(=O)c3c(C)c(C)c4c(c3C)CC(C)(C)O4)NC(=O)OC(C)(C)C)cc2)cc1. The van der Waals surface area contributed by atoms with Gasteiger partial charge in [-0.15, -0.1) is 0 Å². The first-order valence-corrected chi connectivity index (χ1v) is 22.1. The van der Waals surface area contributed by atoms with Crippen LogP contribution in [0.4, 0.5) is 18.0 Å². The highest BCUT2D eigenvalue weighted by Gasteiger charge is 2.38. The van der Waals surface area contributed by atoms with Crippen LogP contribution in [0.5, 0.6) is 5.75 Å². The number of carbonyl (C=O) groups is 2. The van der Waals surface area contributed by atoms with Crippen molar-refractivity contribution in [3.8, 4) is 22.7 Å². The summed E-state index contributed by atoms with van der Waals surface area (Å²) in [5.74, 6) is -1.05. The second-order valence-electron chi connectivity index (χ2n) is 16.5. The predicted octanol–water partition coefficient (Wildman–Crippen LogP) is 6.49. The Bertz CT molecular complexity index is 2570. The number of guanidine groups is 1. The van der Waals surface area contributed by atoms with Gasteiger partial charge < -0.3 is 20.1 Å². The zero-order chi connectivity index (χ0) is 45.5. The van der Waals surface area contributed by atoms with Crippen LogP contribution in [0.15, 0.2) is 64.4 Å². The van der Waals surface area contributed by atoms with E-state index in [1.54, 1.807) is 65.8 Å². The number of fused-ring (bicyclic) bond motifs is 1. The molecule has 0 saturated heterocycles. The maximum absolute atomic E-state index is 13.7. The Kier molecular flexibility index (Phi) is 13.0. The van der Waals surface area contributed by atoms with Crippen LogP contribution in [0.1, 0.15) is 81.0 Å². The van der Waals surface area contributed by atoms with Crippen molar-refractivity contribution in [2.75, 3.05) is 6.54 Å². The second-order valence-corrected chi connectivity index (χ2v) is 19.8. The Balaban J connectivity index is 1.27. The van der Waals surface area contributed by atoms with Gasteiger partial charge in [0.25, 0.3) is 26.0 Å². The zero-order valence-electron chi connectivity index (χ0n) is 35.2. The largest absolute Gasteiger partial charge is 0.487 e. The maximum atomic E-state index is 13.7. The molecule has 20 heteroatoms. The molecule has 1 aliphatic heterocycles. The van der Waals surface area contributed by atoms with E-state index in [0.29, 0.717) is 34.4 Å². The summed E-state index contributed by atoms with van der Waals surface area (Å²) < 4.78 is 112. The lowest BCUT2D eigenvalue weighted by atomic mass is 9.94. The molecule has 1 atom stereocenters. The molecular formula is C41H50F3N7O8S2. The molecule has 5 rings (SSSR count). The number of rotatable bonds is 12. The summed E-state index contributed by atoms with van der Waals surface area (Å²) in [6, 6.07) is 10.8. The van der Waals surface area contributed by atoms with Gasteiger partial charge in [0, 0.05) is 24.1 Å². The molecule has 0 unspecified atom stereocenters. The summed E-state index contributed by atoms with van der Waals surface area (Å²) in [7, 11) is -8.84. The molecule has 0 saturated carbocycles. The van der Waals surface area contributed by atoms with Crippen molar-refractivity contribution in [2.45, 2.75) is 115 Å². The molecule has 15 nitrogen and oxygen atoms in total. The summed E-state index contributed by atoms with van der Waals surface area (Å²) in [6.45, 7) is 15.5. The molecule has 0 spiro atoms. The number of ether oxygens (including phenoxy) is 2. The van der Waals surface area contributed by atoms with E-state index >= 15 is 0 Å². The Labute approximate surface area is 353 Å². The molecule has 3 aromatic carbocycles. The fourth-order valence-electron chi connectivity index (χ4n) is 6.78. The molecule has 0 radical (unpaired) electrons. The lowest BCUT2D eigenvalue weighted by Gasteiger charge is -2.23. The van der Waals surface area contributed by atoms with Gasteiger partial charge in [-0.25, -0.2) is 35.8 Å². The smallest absolute Gasteiger partial charge is 0.435 e. The number of benzene rings is 3. The number of hydrogen-bond acceptors (Lipinski definition) is 10. The lowest BCUT2D eigenvalue weighted by molar-refractivity contribution is -0.141. The molecular weight excluding hydrogens is 840 g/mol. The maximum Gasteiger partial charge on any atom is 0.435 e. The summed E-state index contributed by atoms with van der Waals surface area (Å²) in [4.78, 5) is 25.8. The Morgan fingerprint density at radius 1 is 0.918 bits per heavy atom. The molecule has 2 heterocycles. The summed E-state index contributed by atoms with van der Waals surface area (Å²) in [5.41, 5.74) is 1.34. The highest BCUT2D eigenvalue weighted by molar-refractivity contribution is 7.90. The zero-order valence-corrected chi connectivity index (χ0v) is 36.8. The van der Waals surface area contributed by atoms with E-state index in [0.717, 1.165) is 34.0 Å². The molecule has 4 aromatic rings. The van der Waals surface area contributed by atoms with Crippen molar-refractivity contribution in [3.05, 3.63) is 88.1 Å². The number of alkyl carbamates (subject to hydrolysis) is 1. The van der Waals surface area contributed by atoms with Crippen molar-refractivity contribution < 1.29 is 49.1 Å². The van der Waals surface area contributed by atoms with E-state index < -0.39 is 72.0 Å². The topological polar surface area (TPSA) is 211 Å². The van der Waals surface area contributed by atoms with Crippen molar-refractivity contribution in [2.24, 2.45) is 0 Å². The number of amides is 2. The van der Waals surface area contributed by atoms with Crippen LogP contribution >= 0.6 is 0 Å². The minimum absolute atomic E-state index is 0.0300. The van der Waals surface area contributed by atoms with Crippen molar-refractivity contribution in [1.29, 1.82) is 5.41 Å². The number of nitrogens with one attached hydrogen (secondary N) is 5. The third-order valence-corrected chi connectivity index (χ3v) is 12.7. The van der Waals surface area contributed by atoms with E-state index in [-0.39, 0.29) is 35.7 Å². The average Bonchev–Trinajstić information content (AvgIpc) is 3.73. The summed E-state index contributed by atoms with van der Waals surface area (Å²) >= 11 is 0. The molecule has 330 valence electrons. The Morgan fingerprint density at radius 3 is 2.13 bits per heavy atom. The van der Waals surface area contributed by atoms with Gasteiger partial charge in [0.1, 0.15) is 23.0 Å². The normalized spacial score (nSPS) is 14.4. The number of carbonyl (C=O) groups excluding carboxylic acids is 2. The average molecular weight is 890 g/mol. The van der Waals surface area contributed by atoms with E-state index in [9.17, 15) is 39.6 Å². The van der Waals surface area contributed by atoms with E-state index in [1.807, 2.05) is 25.5 Å². The monoisotopic (exact) mass is 889 g/mol. The molecule has 1 aromatic heterocycles. The van der Waals surface area contributed by atoms with Crippen LogP contribution in [-0.2, 0) is 42.2 Å². The molecule has 61 heavy (non-hydrogen) atoms. The number of sulfonamides is 2. The van der Waals surface area contributed by atoms with Gasteiger partial charge in [-0.3, -0.25) is 10.2 Å². The van der Waals surface area contributed by atoms with E-state index in [2.05, 4.69) is 20.5 Å². The fraction of sp³-hybridized carbons (Fsp3) is 0.415. The van der Waals surface area contributed by atoms with Gasteiger partial charge in [-0.05, 0) is 122 Å². The third-order valence-electron chi connectivity index (χ3n) is 9.75. The minimum Gasteiger partial charge on any atom is -0.487 e. The highest BCUT2D eigenvalue weighted by atomic mass is 32.2. The minimum atomic E-state index is -4.76. The number of nitrogens with zero attached hydrogens (tertiary/aromatic N) is 2. The van der Waals surface area contributed by atoms with Gasteiger partial charge in [0.15, 0.2) is 5.69 Å². The molecule has 5 N–H and O–H groups in total. The fourth-order valence-corrected chi connectivity index (χ4v) is 9.33. The number of alkyl halides is 3. The van der Waals surface area contributed by atoms with Gasteiger partial charge in [0.05, 0.1) is 21.2 Å². The van der Waals surface area contributed by atoms with Crippen molar-refractivity contribution in [1.82, 2.24) is 29.9 Å². The number of halogens is 3. The number of hydrogen-bond donors (Lipinski definition) is 5. The summed E-state index contributed by atoms with van der Waals surface area (Å²) in [6.07, 6.45) is -5.43. The van der Waals surface area contributed by atoms with E-state index in [4.69, 9.17) is 14.9 Å². The van der Waals surface area contributed by atoms with Crippen LogP contribution in [0.2, 0.25) is 0 Å². The van der Waals surface area contributed by atoms with Crippen LogP contribution in [-0.4, -0.2) is 68.4 Å². The number of aromatic nitrogens is 2. The highest BCUT2D eigenvalue weighted by Crippen LogP contribution is 2.43. The molecule has 0 bridgehead atoms. The Hall–Kier alpha value is -5.63. The molecule has 0 fully saturated rings. The van der Waals surface area contributed by atoms with Crippen LogP contribution in [0, 0.1) is 33.1 Å². The van der Waals surface area contributed by atoms with Gasteiger partial charge >= 0.3 is 12.3 Å². The quantitative estimate of drug-likeness (QED) is 0.0593. The van der Waals surface area contributed by atoms with Crippen molar-refractivity contribution in [3.63, 3.8) is 0 Å². The molecule has 0 aliphatic carbocycles. The number of aryl methyl sites for hydroxylation is 1. The standard InChI is InChI=1S/C41H50F3N7O8S2/c1-23-12-14-27(15-13-23)32-21-33(41(42,43)44)48-51(32)28-16-18-29(19-17-28)60(54,55)49-36(52)31(47-38(53)59-39(5,6)7)11-10-20-46-37(45)50-61(56,57)35-25(3)24(2)34-30(26(35)4)22-40(8,9)58-34/h12-19,21,31H,10-11,20,22H2,1-9H3,(H,47,53)(H,49,52)(H3,45,46,50)/t31-/m0/s1. The molecule has 2 amide bonds. The Morgan fingerprint density at radius 2 is 1.54 bits per heavy atom. The summed E-state index contributed by atoms with van der Waals surface area (Å²) in [5, 5.41) is 17.1. The van der Waals surface area contributed by atoms with Crippen molar-refractivity contribution >= 4 is 38.0 Å². The molecule has 1 aliphatic rings. The first kappa shape index (κ1) is 46.4.